The molecule has 0 saturated carbocycles. The van der Waals surface area contributed by atoms with Gasteiger partial charge in [-0.15, -0.1) is 0 Å². The summed E-state index contributed by atoms with van der Waals surface area (Å²) in [6, 6.07) is 12.2. The first-order chi connectivity index (χ1) is 12.7. The fourth-order valence-electron chi connectivity index (χ4n) is 3.40. The first-order valence-electron chi connectivity index (χ1n) is 8.83. The monoisotopic (exact) mass is 384 g/mol. The Morgan fingerprint density at radius 1 is 0.852 bits per heavy atom. The van der Waals surface area contributed by atoms with E-state index in [1.807, 2.05) is 36.7 Å². The Morgan fingerprint density at radius 3 is 1.74 bits per heavy atom. The maximum Gasteiger partial charge on any atom is 0.392 e. The maximum absolute atomic E-state index is 11.4. The molecule has 1 aromatic carbocycles. The molecule has 5 nitrogen and oxygen atoms in total. The second-order valence-corrected chi connectivity index (χ2v) is 8.92. The largest absolute Gasteiger partial charge is 0.392 e. The molecule has 0 fully saturated rings. The lowest BCUT2D eigenvalue weighted by Crippen LogP contribution is -2.36. The Kier molecular flexibility index (Phi) is 5.29. The van der Waals surface area contributed by atoms with E-state index in [4.69, 9.17) is 0 Å². The molecule has 0 spiro atoms. The summed E-state index contributed by atoms with van der Waals surface area (Å²) in [5.41, 5.74) is 6.95. The molecule has 140 valence electrons. The quantitative estimate of drug-likeness (QED) is 0.534. The summed E-state index contributed by atoms with van der Waals surface area (Å²) in [6.07, 6.45) is 7.49. The molecule has 0 aliphatic carbocycles. The Hall–Kier alpha value is -2.33. The van der Waals surface area contributed by atoms with Crippen molar-refractivity contribution in [1.82, 2.24) is 0 Å². The van der Waals surface area contributed by atoms with Crippen molar-refractivity contribution in [3.8, 4) is 16.8 Å². The van der Waals surface area contributed by atoms with Crippen molar-refractivity contribution in [3.63, 3.8) is 0 Å². The molecule has 0 amide bonds. The van der Waals surface area contributed by atoms with E-state index in [-0.39, 0.29) is 0 Å². The maximum atomic E-state index is 11.4. The van der Waals surface area contributed by atoms with Crippen LogP contribution in [0.3, 0.4) is 0 Å². The van der Waals surface area contributed by atoms with Crippen LogP contribution in [-0.4, -0.2) is 9.79 Å². The summed E-state index contributed by atoms with van der Waals surface area (Å²) in [7, 11) is -4.16. The molecule has 1 atom stereocenters. The lowest BCUT2D eigenvalue weighted by Gasteiger charge is -2.09. The van der Waals surface area contributed by atoms with Crippen molar-refractivity contribution in [3.05, 3.63) is 77.9 Å². The molecule has 2 aromatic heterocycles. The number of pyridine rings is 2. The highest BCUT2D eigenvalue weighted by Crippen LogP contribution is 2.45. The average Bonchev–Trinajstić information content (AvgIpc) is 2.60. The Balaban J connectivity index is 1.89. The summed E-state index contributed by atoms with van der Waals surface area (Å²) in [5.74, 6) is -0.878. The minimum absolute atomic E-state index is 0.878. The van der Waals surface area contributed by atoms with E-state index in [0.29, 0.717) is 0 Å². The van der Waals surface area contributed by atoms with Crippen molar-refractivity contribution >= 4 is 7.60 Å². The van der Waals surface area contributed by atoms with E-state index in [9.17, 15) is 14.4 Å². The second kappa shape index (κ2) is 7.35. The van der Waals surface area contributed by atoms with Crippen molar-refractivity contribution < 1.29 is 23.5 Å². The molecule has 27 heavy (non-hydrogen) atoms. The molecule has 0 aliphatic rings. The number of benzene rings is 1. The van der Waals surface area contributed by atoms with E-state index in [2.05, 4.69) is 37.5 Å². The molecule has 1 unspecified atom stereocenters. The van der Waals surface area contributed by atoms with Gasteiger partial charge in [-0.2, -0.15) is 9.13 Å². The van der Waals surface area contributed by atoms with Gasteiger partial charge in [0, 0.05) is 42.3 Å². The number of hydrogen-bond acceptors (Lipinski definition) is 1. The highest BCUT2D eigenvalue weighted by atomic mass is 31.2. The van der Waals surface area contributed by atoms with Gasteiger partial charge in [0.05, 0.1) is 0 Å². The van der Waals surface area contributed by atoms with E-state index in [0.717, 1.165) is 11.1 Å². The lowest BCUT2D eigenvalue weighted by molar-refractivity contribution is -0.701. The summed E-state index contributed by atoms with van der Waals surface area (Å²) < 4.78 is 15.1. The highest BCUT2D eigenvalue weighted by molar-refractivity contribution is 7.51. The Bertz CT molecular complexity index is 986. The Labute approximate surface area is 159 Å². The van der Waals surface area contributed by atoms with E-state index < -0.39 is 13.4 Å². The lowest BCUT2D eigenvalue weighted by atomic mass is 10.0. The van der Waals surface area contributed by atoms with Crippen LogP contribution in [0.4, 0.5) is 0 Å². The summed E-state index contributed by atoms with van der Waals surface area (Å²) in [6.45, 7) is 7.85. The van der Waals surface area contributed by atoms with Gasteiger partial charge in [-0.05, 0) is 44.0 Å². The number of aryl methyl sites for hydroxylation is 3. The van der Waals surface area contributed by atoms with Gasteiger partial charge in [-0.25, -0.2) is 0 Å². The van der Waals surface area contributed by atoms with Crippen LogP contribution in [0.15, 0.2) is 61.2 Å². The summed E-state index contributed by atoms with van der Waals surface area (Å²) >= 11 is 0. The van der Waals surface area contributed by atoms with Crippen molar-refractivity contribution in [1.29, 1.82) is 0 Å². The molecule has 2 heterocycles. The third kappa shape index (κ3) is 4.16. The number of aromatic nitrogens is 2. The summed E-state index contributed by atoms with van der Waals surface area (Å²) in [4.78, 5) is 18.6. The van der Waals surface area contributed by atoms with Crippen LogP contribution >= 0.6 is 7.60 Å². The van der Waals surface area contributed by atoms with Gasteiger partial charge in [0.2, 0.25) is 5.69 Å². The smallest absolute Gasteiger partial charge is 0.320 e. The van der Waals surface area contributed by atoms with Gasteiger partial charge in [-0.3, -0.25) is 4.57 Å². The average molecular weight is 384 g/mol. The van der Waals surface area contributed by atoms with Crippen molar-refractivity contribution in [2.24, 2.45) is 0 Å². The van der Waals surface area contributed by atoms with E-state index in [1.54, 1.807) is 12.4 Å². The molecule has 6 heteroatoms. The third-order valence-corrected chi connectivity index (χ3v) is 6.07. The number of rotatable bonds is 4. The predicted molar refractivity (Wildman–Crippen MR) is 105 cm³/mol. The minimum atomic E-state index is -4.16. The van der Waals surface area contributed by atoms with Crippen LogP contribution in [0.2, 0.25) is 0 Å². The zero-order valence-corrected chi connectivity index (χ0v) is 16.9. The molecule has 0 aliphatic heterocycles. The van der Waals surface area contributed by atoms with E-state index in [1.165, 1.54) is 33.9 Å². The normalized spacial score (nSPS) is 12.8. The molecule has 3 aromatic rings. The number of hydrogen-bond donors (Lipinski definition) is 2. The highest BCUT2D eigenvalue weighted by Gasteiger charge is 2.32. The fourth-order valence-corrected chi connectivity index (χ4v) is 3.90. The molecule has 0 bridgehead atoms. The molecular formula is C21H25N2O3P+2. The van der Waals surface area contributed by atoms with Gasteiger partial charge < -0.3 is 9.79 Å². The van der Waals surface area contributed by atoms with Crippen LogP contribution < -0.4 is 9.13 Å². The van der Waals surface area contributed by atoms with Crippen molar-refractivity contribution in [2.45, 2.75) is 33.5 Å². The SMILES string of the molecule is Cc1cc(C)c(-[n+]2ccc(-c3cc[n+](C(C)P(=O)(O)O)cc3)cc2)c(C)c1. The van der Waals surface area contributed by atoms with Crippen LogP contribution in [0, 0.1) is 20.8 Å². The first kappa shape index (κ1) is 19.4. The third-order valence-electron chi connectivity index (χ3n) is 4.83. The zero-order valence-electron chi connectivity index (χ0n) is 16.0. The molecule has 0 saturated heterocycles. The summed E-state index contributed by atoms with van der Waals surface area (Å²) in [5, 5.41) is 0. The number of nitrogens with zero attached hydrogens (tertiary/aromatic N) is 2. The zero-order chi connectivity index (χ0) is 19.8. The van der Waals surface area contributed by atoms with Gasteiger partial charge in [-0.1, -0.05) is 5.56 Å². The standard InChI is InChI=1S/C21H23N2O3P/c1-15-13-16(2)21(17(3)14-15)23-11-7-20(8-12-23)19-5-9-22(10-6-19)18(4)27(24,25)26/h5-14,18H,1-4H3/p+2. The van der Waals surface area contributed by atoms with Gasteiger partial charge in [0.15, 0.2) is 24.8 Å². The molecule has 3 rings (SSSR count). The minimum Gasteiger partial charge on any atom is -0.320 e. The predicted octanol–water partition coefficient (Wildman–Crippen LogP) is 3.54. The van der Waals surface area contributed by atoms with Crippen LogP contribution in [-0.2, 0) is 4.57 Å². The fraction of sp³-hybridized carbons (Fsp3) is 0.238. The van der Waals surface area contributed by atoms with Gasteiger partial charge in [0.25, 0.3) is 5.78 Å². The second-order valence-electron chi connectivity index (χ2n) is 7.00. The van der Waals surface area contributed by atoms with E-state index >= 15 is 0 Å². The molecular weight excluding hydrogens is 359 g/mol. The Morgan fingerprint density at radius 2 is 1.30 bits per heavy atom. The first-order valence-corrected chi connectivity index (χ1v) is 10.5. The molecule has 2 N–H and O–H groups in total. The van der Waals surface area contributed by atoms with Gasteiger partial charge in [0.1, 0.15) is 0 Å². The van der Waals surface area contributed by atoms with Crippen LogP contribution in [0.25, 0.3) is 16.8 Å². The molecule has 0 radical (unpaired) electrons. The van der Waals surface area contributed by atoms with Gasteiger partial charge >= 0.3 is 7.60 Å². The van der Waals surface area contributed by atoms with Crippen LogP contribution in [0.1, 0.15) is 29.4 Å². The van der Waals surface area contributed by atoms with Crippen LogP contribution in [0.5, 0.6) is 0 Å². The topological polar surface area (TPSA) is 65.3 Å². The van der Waals surface area contributed by atoms with Crippen molar-refractivity contribution in [2.75, 3.05) is 0 Å².